The van der Waals surface area contributed by atoms with Gasteiger partial charge in [0.25, 0.3) is 5.91 Å². The number of para-hydroxylation sites is 2. The number of aryl methyl sites for hydroxylation is 1. The van der Waals surface area contributed by atoms with E-state index in [2.05, 4.69) is 10.0 Å². The molecule has 6 nitrogen and oxygen atoms in total. The third-order valence-electron chi connectivity index (χ3n) is 4.29. The van der Waals surface area contributed by atoms with Gasteiger partial charge in [-0.05, 0) is 42.8 Å². The second-order valence-electron chi connectivity index (χ2n) is 6.61. The number of hydrogen-bond donors (Lipinski definition) is 2. The molecule has 3 aromatic rings. The minimum atomic E-state index is -3.63. The molecule has 7 heteroatoms. The monoisotopic (exact) mass is 394 g/mol. The Morgan fingerprint density at radius 3 is 2.61 bits per heavy atom. The minimum absolute atomic E-state index is 0.153. The van der Waals surface area contributed by atoms with E-state index in [1.165, 1.54) is 6.07 Å². The Labute approximate surface area is 163 Å². The van der Waals surface area contributed by atoms with Crippen molar-refractivity contribution in [3.8, 4) is 11.5 Å². The lowest BCUT2D eigenvalue weighted by Crippen LogP contribution is -2.16. The molecular formula is C21H18N2O4S. The molecule has 1 aliphatic heterocycles. The highest BCUT2D eigenvalue weighted by molar-refractivity contribution is 7.91. The van der Waals surface area contributed by atoms with Crippen LogP contribution in [-0.4, -0.2) is 14.3 Å². The molecule has 0 spiro atoms. The first kappa shape index (κ1) is 18.1. The number of amides is 1. The Bertz CT molecular complexity index is 1170. The predicted molar refractivity (Wildman–Crippen MR) is 108 cm³/mol. The summed E-state index contributed by atoms with van der Waals surface area (Å²) in [4.78, 5) is 12.5. The molecule has 0 radical (unpaired) electrons. The number of rotatable bonds is 4. The molecule has 3 aromatic carbocycles. The maximum Gasteiger partial charge on any atom is 0.259 e. The van der Waals surface area contributed by atoms with Crippen molar-refractivity contribution in [1.82, 2.24) is 0 Å². The van der Waals surface area contributed by atoms with E-state index in [1.807, 2.05) is 31.2 Å². The van der Waals surface area contributed by atoms with Crippen molar-refractivity contribution < 1.29 is 17.9 Å². The Morgan fingerprint density at radius 1 is 0.964 bits per heavy atom. The fourth-order valence-corrected chi connectivity index (χ4v) is 4.24. The quantitative estimate of drug-likeness (QED) is 0.691. The number of sulfonamides is 1. The second-order valence-corrected chi connectivity index (χ2v) is 8.34. The molecule has 0 aromatic heterocycles. The van der Waals surface area contributed by atoms with Gasteiger partial charge in [0.05, 0.1) is 17.0 Å². The normalized spacial score (nSPS) is 12.8. The standard InChI is InChI=1S/C21H18N2O4S/c1-14-5-4-6-15(11-14)13-28(25,26)23-16-9-10-19-17(12-16)21(24)22-18-7-2-3-8-20(18)27-19/h2-12,23H,13H2,1H3,(H,22,24). The van der Waals surface area contributed by atoms with Crippen LogP contribution in [0.15, 0.2) is 66.7 Å². The maximum atomic E-state index is 12.5. The molecule has 0 saturated heterocycles. The molecular weight excluding hydrogens is 376 g/mol. The van der Waals surface area contributed by atoms with Crippen molar-refractivity contribution in [3.63, 3.8) is 0 Å². The Balaban J connectivity index is 1.59. The number of carbonyl (C=O) groups is 1. The van der Waals surface area contributed by atoms with Gasteiger partial charge < -0.3 is 10.1 Å². The van der Waals surface area contributed by atoms with Crippen LogP contribution in [0.1, 0.15) is 21.5 Å². The zero-order chi connectivity index (χ0) is 19.7. The number of benzene rings is 3. The summed E-state index contributed by atoms with van der Waals surface area (Å²) >= 11 is 0. The summed E-state index contributed by atoms with van der Waals surface area (Å²) in [5.74, 6) is 0.381. The molecule has 1 heterocycles. The van der Waals surface area contributed by atoms with E-state index in [9.17, 15) is 13.2 Å². The van der Waals surface area contributed by atoms with Gasteiger partial charge in [-0.3, -0.25) is 9.52 Å². The average Bonchev–Trinajstić information content (AvgIpc) is 2.77. The molecule has 0 bridgehead atoms. The largest absolute Gasteiger partial charge is 0.454 e. The van der Waals surface area contributed by atoms with Crippen molar-refractivity contribution in [1.29, 1.82) is 0 Å². The van der Waals surface area contributed by atoms with E-state index >= 15 is 0 Å². The fraction of sp³-hybridized carbons (Fsp3) is 0.0952. The zero-order valence-corrected chi connectivity index (χ0v) is 15.9. The van der Waals surface area contributed by atoms with Gasteiger partial charge in [-0.25, -0.2) is 8.42 Å². The number of anilines is 2. The van der Waals surface area contributed by atoms with Crippen LogP contribution >= 0.6 is 0 Å². The van der Waals surface area contributed by atoms with E-state index < -0.39 is 10.0 Å². The van der Waals surface area contributed by atoms with E-state index in [0.717, 1.165) is 5.56 Å². The summed E-state index contributed by atoms with van der Waals surface area (Å²) in [5, 5.41) is 2.77. The SMILES string of the molecule is Cc1cccc(CS(=O)(=O)Nc2ccc3c(c2)C(=O)Nc2ccccc2O3)c1. The molecule has 0 unspecified atom stereocenters. The van der Waals surface area contributed by atoms with E-state index in [0.29, 0.717) is 28.4 Å². The zero-order valence-electron chi connectivity index (χ0n) is 15.1. The summed E-state index contributed by atoms with van der Waals surface area (Å²) in [6, 6.07) is 19.1. The number of nitrogens with one attached hydrogen (secondary N) is 2. The lowest BCUT2D eigenvalue weighted by atomic mass is 10.1. The highest BCUT2D eigenvalue weighted by Crippen LogP contribution is 2.36. The van der Waals surface area contributed by atoms with Crippen molar-refractivity contribution in [2.45, 2.75) is 12.7 Å². The van der Waals surface area contributed by atoms with Crippen molar-refractivity contribution in [2.75, 3.05) is 10.0 Å². The summed E-state index contributed by atoms with van der Waals surface area (Å²) in [6.07, 6.45) is 0. The molecule has 0 fully saturated rings. The number of ether oxygens (including phenoxy) is 1. The minimum Gasteiger partial charge on any atom is -0.454 e. The number of hydrogen-bond acceptors (Lipinski definition) is 4. The first-order valence-electron chi connectivity index (χ1n) is 8.68. The molecule has 0 atom stereocenters. The van der Waals surface area contributed by atoms with Gasteiger partial charge in [-0.15, -0.1) is 0 Å². The fourth-order valence-electron chi connectivity index (χ4n) is 3.06. The molecule has 0 saturated carbocycles. The molecule has 0 aliphatic carbocycles. The smallest absolute Gasteiger partial charge is 0.259 e. The lowest BCUT2D eigenvalue weighted by molar-refractivity contribution is 0.102. The van der Waals surface area contributed by atoms with Crippen LogP contribution in [0, 0.1) is 6.92 Å². The molecule has 4 rings (SSSR count). The van der Waals surface area contributed by atoms with E-state index in [-0.39, 0.29) is 17.2 Å². The van der Waals surface area contributed by atoms with Crippen LogP contribution in [0.2, 0.25) is 0 Å². The van der Waals surface area contributed by atoms with Crippen molar-refractivity contribution >= 4 is 27.3 Å². The maximum absolute atomic E-state index is 12.5. The Hall–Kier alpha value is -3.32. The number of fused-ring (bicyclic) bond motifs is 2. The molecule has 1 amide bonds. The summed E-state index contributed by atoms with van der Waals surface area (Å²) in [6.45, 7) is 1.91. The van der Waals surface area contributed by atoms with Crippen LogP contribution < -0.4 is 14.8 Å². The third-order valence-corrected chi connectivity index (χ3v) is 5.55. The van der Waals surface area contributed by atoms with Crippen LogP contribution in [0.3, 0.4) is 0 Å². The van der Waals surface area contributed by atoms with Gasteiger partial charge in [0.2, 0.25) is 10.0 Å². The van der Waals surface area contributed by atoms with Crippen LogP contribution in [0.4, 0.5) is 11.4 Å². The average molecular weight is 394 g/mol. The first-order valence-corrected chi connectivity index (χ1v) is 10.3. The van der Waals surface area contributed by atoms with Crippen molar-refractivity contribution in [2.24, 2.45) is 0 Å². The summed E-state index contributed by atoms with van der Waals surface area (Å²) in [7, 11) is -3.63. The lowest BCUT2D eigenvalue weighted by Gasteiger charge is -2.11. The molecule has 28 heavy (non-hydrogen) atoms. The van der Waals surface area contributed by atoms with Gasteiger partial charge in [-0.2, -0.15) is 0 Å². The molecule has 2 N–H and O–H groups in total. The second kappa shape index (κ2) is 7.01. The Morgan fingerprint density at radius 2 is 1.79 bits per heavy atom. The van der Waals surface area contributed by atoms with Gasteiger partial charge in [-0.1, -0.05) is 42.0 Å². The Kier molecular flexibility index (Phi) is 4.52. The van der Waals surface area contributed by atoms with Crippen molar-refractivity contribution in [3.05, 3.63) is 83.4 Å². The van der Waals surface area contributed by atoms with Gasteiger partial charge in [0, 0.05) is 5.69 Å². The summed E-state index contributed by atoms with van der Waals surface area (Å²) < 4.78 is 33.4. The summed E-state index contributed by atoms with van der Waals surface area (Å²) in [5.41, 5.74) is 2.80. The van der Waals surface area contributed by atoms with Crippen LogP contribution in [0.5, 0.6) is 11.5 Å². The number of carbonyl (C=O) groups excluding carboxylic acids is 1. The van der Waals surface area contributed by atoms with Crippen LogP contribution in [-0.2, 0) is 15.8 Å². The first-order chi connectivity index (χ1) is 13.4. The van der Waals surface area contributed by atoms with Gasteiger partial charge in [0.1, 0.15) is 5.75 Å². The third kappa shape index (κ3) is 3.84. The topological polar surface area (TPSA) is 84.5 Å². The molecule has 1 aliphatic rings. The highest BCUT2D eigenvalue weighted by Gasteiger charge is 2.22. The highest BCUT2D eigenvalue weighted by atomic mass is 32.2. The predicted octanol–water partition coefficient (Wildman–Crippen LogP) is 4.29. The molecule has 142 valence electrons. The van der Waals surface area contributed by atoms with Gasteiger partial charge >= 0.3 is 0 Å². The van der Waals surface area contributed by atoms with E-state index in [1.54, 1.807) is 36.4 Å². The van der Waals surface area contributed by atoms with Crippen LogP contribution in [0.25, 0.3) is 0 Å². The van der Waals surface area contributed by atoms with E-state index in [4.69, 9.17) is 4.74 Å². The van der Waals surface area contributed by atoms with Gasteiger partial charge in [0.15, 0.2) is 5.75 Å².